The molecule has 0 radical (unpaired) electrons. The largest absolute Gasteiger partial charge is 0.496 e. The van der Waals surface area contributed by atoms with Gasteiger partial charge in [-0.3, -0.25) is 0 Å². The molecule has 1 aromatic carbocycles. The Bertz CT molecular complexity index is 423. The van der Waals surface area contributed by atoms with E-state index in [-0.39, 0.29) is 19.0 Å². The van der Waals surface area contributed by atoms with Crippen molar-refractivity contribution in [2.75, 3.05) is 13.7 Å². The summed E-state index contributed by atoms with van der Waals surface area (Å²) in [5, 5.41) is 0. The van der Waals surface area contributed by atoms with Crippen molar-refractivity contribution in [3.63, 3.8) is 0 Å². The molecule has 6 heteroatoms. The molecule has 1 aromatic rings. The summed E-state index contributed by atoms with van der Waals surface area (Å²) in [6.45, 7) is 4.36. The number of hydrogen-bond donors (Lipinski definition) is 0. The first-order valence-corrected chi connectivity index (χ1v) is 9.18. The molecule has 0 aromatic heterocycles. The van der Waals surface area contributed by atoms with Gasteiger partial charge in [0, 0.05) is 5.56 Å². The van der Waals surface area contributed by atoms with Crippen molar-refractivity contribution in [1.82, 2.24) is 0 Å². The number of halogens is 1. The van der Waals surface area contributed by atoms with Gasteiger partial charge in [-0.15, -0.1) is 6.58 Å². The molecule has 0 aliphatic carbocycles. The van der Waals surface area contributed by atoms with E-state index in [9.17, 15) is 4.79 Å². The van der Waals surface area contributed by atoms with Crippen LogP contribution in [0.4, 0.5) is 0 Å². The van der Waals surface area contributed by atoms with Crippen LogP contribution in [-0.2, 0) is 15.9 Å². The summed E-state index contributed by atoms with van der Waals surface area (Å²) in [4.78, 5) is 11.8. The fourth-order valence-corrected chi connectivity index (χ4v) is 2.21. The Kier molecular flexibility index (Phi) is 7.23. The average Bonchev–Trinajstić information content (AvgIpc) is 2.39. The third-order valence-corrected chi connectivity index (χ3v) is 3.11. The standard InChI is InChI=1S/C12H14IO4P/c1-3-7-16-8-10-9(12(14)17-18-13)5-4-6-11(10)15-2/h3-6,18H,1,7-8H2,2H3. The van der Waals surface area contributed by atoms with Crippen LogP contribution < -0.4 is 4.74 Å². The zero-order valence-electron chi connectivity index (χ0n) is 9.94. The molecule has 0 N–H and O–H groups in total. The van der Waals surface area contributed by atoms with E-state index in [1.807, 2.05) is 22.0 Å². The Hall–Kier alpha value is -0.650. The molecule has 0 spiro atoms. The van der Waals surface area contributed by atoms with Gasteiger partial charge in [0.15, 0.2) is 0 Å². The normalized spacial score (nSPS) is 10.6. The van der Waals surface area contributed by atoms with Gasteiger partial charge in [0.25, 0.3) is 0 Å². The van der Waals surface area contributed by atoms with Gasteiger partial charge in [0.2, 0.25) is 0 Å². The van der Waals surface area contributed by atoms with Gasteiger partial charge >= 0.3 is 5.97 Å². The molecule has 1 rings (SSSR count). The first-order valence-electron chi connectivity index (χ1n) is 5.16. The van der Waals surface area contributed by atoms with E-state index in [0.29, 0.717) is 23.5 Å². The van der Waals surface area contributed by atoms with E-state index in [4.69, 9.17) is 14.0 Å². The summed E-state index contributed by atoms with van der Waals surface area (Å²) in [6, 6.07) is 5.24. The molecule has 0 saturated carbocycles. The lowest BCUT2D eigenvalue weighted by atomic mass is 10.1. The molecule has 18 heavy (non-hydrogen) atoms. The number of carbonyl (C=O) groups excluding carboxylic acids is 1. The highest BCUT2D eigenvalue weighted by Gasteiger charge is 2.16. The van der Waals surface area contributed by atoms with Gasteiger partial charge in [-0.1, -0.05) is 12.1 Å². The van der Waals surface area contributed by atoms with Gasteiger partial charge in [-0.05, 0) is 34.2 Å². The Morgan fingerprint density at radius 2 is 2.33 bits per heavy atom. The SMILES string of the molecule is C=CCOCc1c(OC)cccc1C(=O)OPI. The quantitative estimate of drug-likeness (QED) is 0.315. The summed E-state index contributed by atoms with van der Waals surface area (Å²) in [5.41, 5.74) is 1.17. The lowest BCUT2D eigenvalue weighted by Gasteiger charge is -2.12. The summed E-state index contributed by atoms with van der Waals surface area (Å²) in [5.74, 6) is 0.254. The van der Waals surface area contributed by atoms with Crippen LogP contribution >= 0.6 is 28.5 Å². The molecule has 0 bridgehead atoms. The zero-order chi connectivity index (χ0) is 13.4. The van der Waals surface area contributed by atoms with Crippen molar-refractivity contribution >= 4 is 34.5 Å². The fraction of sp³-hybridized carbons (Fsp3) is 0.250. The van der Waals surface area contributed by atoms with Crippen LogP contribution in [0.1, 0.15) is 15.9 Å². The maximum atomic E-state index is 11.8. The average molecular weight is 380 g/mol. The number of rotatable bonds is 7. The van der Waals surface area contributed by atoms with Crippen LogP contribution in [0, 0.1) is 0 Å². The van der Waals surface area contributed by atoms with Gasteiger partial charge in [0.05, 0.1) is 25.9 Å². The van der Waals surface area contributed by atoms with Gasteiger partial charge in [-0.25, -0.2) is 4.79 Å². The first kappa shape index (κ1) is 15.4. The zero-order valence-corrected chi connectivity index (χ0v) is 13.1. The first-order chi connectivity index (χ1) is 8.74. The second-order valence-corrected chi connectivity index (χ2v) is 4.94. The van der Waals surface area contributed by atoms with Crippen LogP contribution in [0.3, 0.4) is 0 Å². The summed E-state index contributed by atoms with van der Waals surface area (Å²) in [7, 11) is 1.56. The summed E-state index contributed by atoms with van der Waals surface area (Å²) < 4.78 is 15.6. The van der Waals surface area contributed by atoms with Crippen molar-refractivity contribution in [2.45, 2.75) is 6.61 Å². The van der Waals surface area contributed by atoms with Crippen LogP contribution in [0.5, 0.6) is 5.75 Å². The van der Waals surface area contributed by atoms with E-state index in [1.165, 1.54) is 0 Å². The third-order valence-electron chi connectivity index (χ3n) is 2.19. The molecule has 0 aliphatic rings. The molecule has 0 fully saturated rings. The molecular formula is C12H14IO4P. The predicted octanol–water partition coefficient (Wildman–Crippen LogP) is 3.50. The predicted molar refractivity (Wildman–Crippen MR) is 80.6 cm³/mol. The molecule has 98 valence electrons. The highest BCUT2D eigenvalue weighted by molar-refractivity contribution is 14.2. The Labute approximate surface area is 121 Å². The molecular weight excluding hydrogens is 366 g/mol. The topological polar surface area (TPSA) is 44.8 Å². The lowest BCUT2D eigenvalue weighted by Crippen LogP contribution is -2.07. The van der Waals surface area contributed by atoms with Crippen molar-refractivity contribution in [2.24, 2.45) is 0 Å². The maximum Gasteiger partial charge on any atom is 0.341 e. The fourth-order valence-electron chi connectivity index (χ4n) is 1.43. The minimum Gasteiger partial charge on any atom is -0.496 e. The van der Waals surface area contributed by atoms with E-state index >= 15 is 0 Å². The van der Waals surface area contributed by atoms with Crippen molar-refractivity contribution in [3.8, 4) is 5.75 Å². The van der Waals surface area contributed by atoms with Crippen LogP contribution in [0.15, 0.2) is 30.9 Å². The molecule has 0 saturated heterocycles. The van der Waals surface area contributed by atoms with Crippen LogP contribution in [-0.4, -0.2) is 19.7 Å². The molecule has 1 atom stereocenters. The van der Waals surface area contributed by atoms with Crippen LogP contribution in [0.25, 0.3) is 0 Å². The van der Waals surface area contributed by atoms with Crippen molar-refractivity contribution in [3.05, 3.63) is 42.0 Å². The monoisotopic (exact) mass is 380 g/mol. The summed E-state index contributed by atoms with van der Waals surface area (Å²) >= 11 is 2.00. The second kappa shape index (κ2) is 8.45. The molecule has 4 nitrogen and oxygen atoms in total. The molecule has 1 unspecified atom stereocenters. The maximum absolute atomic E-state index is 11.8. The highest BCUT2D eigenvalue weighted by Crippen LogP contribution is 2.28. The smallest absolute Gasteiger partial charge is 0.341 e. The number of benzene rings is 1. The Morgan fingerprint density at radius 1 is 1.56 bits per heavy atom. The minimum absolute atomic E-state index is 0.0825. The van der Waals surface area contributed by atoms with E-state index in [1.54, 1.807) is 31.4 Å². The highest BCUT2D eigenvalue weighted by atomic mass is 127. The third kappa shape index (κ3) is 4.23. The molecule has 0 amide bonds. The van der Waals surface area contributed by atoms with Gasteiger partial charge in [0.1, 0.15) is 12.2 Å². The van der Waals surface area contributed by atoms with Gasteiger partial charge < -0.3 is 14.0 Å². The summed E-state index contributed by atoms with van der Waals surface area (Å²) in [6.07, 6.45) is 1.65. The van der Waals surface area contributed by atoms with Crippen LogP contribution in [0.2, 0.25) is 0 Å². The second-order valence-electron chi connectivity index (χ2n) is 3.26. The minimum atomic E-state index is -0.362. The Morgan fingerprint density at radius 3 is 2.94 bits per heavy atom. The van der Waals surface area contributed by atoms with Crippen molar-refractivity contribution < 1.29 is 18.8 Å². The van der Waals surface area contributed by atoms with Crippen molar-refractivity contribution in [1.29, 1.82) is 0 Å². The molecule has 0 heterocycles. The van der Waals surface area contributed by atoms with E-state index in [2.05, 4.69) is 6.58 Å². The number of ether oxygens (including phenoxy) is 2. The lowest BCUT2D eigenvalue weighted by molar-refractivity contribution is 0.0757. The number of hydrogen-bond acceptors (Lipinski definition) is 4. The van der Waals surface area contributed by atoms with E-state index in [0.717, 1.165) is 0 Å². The van der Waals surface area contributed by atoms with E-state index < -0.39 is 0 Å². The number of carbonyl (C=O) groups is 1. The Balaban J connectivity index is 2.99. The number of methoxy groups -OCH3 is 1. The van der Waals surface area contributed by atoms with Gasteiger partial charge in [-0.2, -0.15) is 0 Å². The molecule has 0 aliphatic heterocycles.